The molecule has 0 aromatic rings. The van der Waals surface area contributed by atoms with E-state index in [1.807, 2.05) is 28.1 Å². The highest BCUT2D eigenvalue weighted by Gasteiger charge is 2.21. The SMILES string of the molecule is CCCCC(=O)C(O)C[N+](C)(C)C.[I-]. The van der Waals surface area contributed by atoms with Crippen LogP contribution in [0.2, 0.25) is 0 Å². The molecule has 3 nitrogen and oxygen atoms in total. The van der Waals surface area contributed by atoms with Crippen LogP contribution in [-0.4, -0.2) is 49.2 Å². The Balaban J connectivity index is 0. The second-order valence-corrected chi connectivity index (χ2v) is 4.56. The Morgan fingerprint density at radius 3 is 2.21 bits per heavy atom. The summed E-state index contributed by atoms with van der Waals surface area (Å²) in [7, 11) is 5.91. The van der Waals surface area contributed by atoms with Gasteiger partial charge in [-0.15, -0.1) is 0 Å². The predicted molar refractivity (Wildman–Crippen MR) is 53.4 cm³/mol. The highest BCUT2D eigenvalue weighted by Crippen LogP contribution is 2.02. The number of hydrogen-bond donors (Lipinski definition) is 1. The number of ketones is 1. The number of aliphatic hydroxyl groups excluding tert-OH is 1. The van der Waals surface area contributed by atoms with Crippen LogP contribution < -0.4 is 24.0 Å². The molecule has 1 atom stereocenters. The van der Waals surface area contributed by atoms with E-state index in [2.05, 4.69) is 0 Å². The van der Waals surface area contributed by atoms with Crippen LogP contribution in [0.4, 0.5) is 0 Å². The van der Waals surface area contributed by atoms with Crippen molar-refractivity contribution < 1.29 is 38.4 Å². The van der Waals surface area contributed by atoms with E-state index in [0.29, 0.717) is 17.4 Å². The van der Waals surface area contributed by atoms with E-state index in [0.717, 1.165) is 12.8 Å². The van der Waals surface area contributed by atoms with E-state index < -0.39 is 6.10 Å². The van der Waals surface area contributed by atoms with Crippen LogP contribution in [0, 0.1) is 0 Å². The highest BCUT2D eigenvalue weighted by atomic mass is 127. The summed E-state index contributed by atoms with van der Waals surface area (Å²) >= 11 is 0. The summed E-state index contributed by atoms with van der Waals surface area (Å²) in [6.07, 6.45) is 1.61. The predicted octanol–water partition coefficient (Wildman–Crippen LogP) is -2.18. The number of carbonyl (C=O) groups is 1. The Morgan fingerprint density at radius 1 is 1.36 bits per heavy atom. The molecule has 0 heterocycles. The minimum absolute atomic E-state index is 0. The molecule has 0 rings (SSSR count). The number of hydrogen-bond acceptors (Lipinski definition) is 2. The molecule has 0 aliphatic carbocycles. The zero-order valence-electron chi connectivity index (χ0n) is 9.59. The summed E-state index contributed by atoms with van der Waals surface area (Å²) in [5.74, 6) is -0.0186. The van der Waals surface area contributed by atoms with E-state index in [1.54, 1.807) is 0 Å². The van der Waals surface area contributed by atoms with E-state index >= 15 is 0 Å². The first kappa shape index (κ1) is 16.7. The Labute approximate surface area is 104 Å². The lowest BCUT2D eigenvalue weighted by Gasteiger charge is -2.26. The molecule has 1 unspecified atom stereocenters. The van der Waals surface area contributed by atoms with Gasteiger partial charge in [0.1, 0.15) is 6.54 Å². The van der Waals surface area contributed by atoms with Crippen molar-refractivity contribution in [3.05, 3.63) is 0 Å². The Kier molecular flexibility index (Phi) is 9.08. The topological polar surface area (TPSA) is 37.3 Å². The number of carbonyl (C=O) groups excluding carboxylic acids is 1. The summed E-state index contributed by atoms with van der Waals surface area (Å²) in [5.41, 5.74) is 0. The molecule has 0 radical (unpaired) electrons. The summed E-state index contributed by atoms with van der Waals surface area (Å²) in [4.78, 5) is 11.3. The van der Waals surface area contributed by atoms with Gasteiger partial charge in [-0.2, -0.15) is 0 Å². The van der Waals surface area contributed by atoms with Crippen LogP contribution in [0.15, 0.2) is 0 Å². The molecule has 0 bridgehead atoms. The van der Waals surface area contributed by atoms with Gasteiger partial charge < -0.3 is 33.6 Å². The van der Waals surface area contributed by atoms with Crippen molar-refractivity contribution in [2.75, 3.05) is 27.7 Å². The molecule has 86 valence electrons. The molecule has 0 aliphatic rings. The molecular formula is C10H22INO2. The number of likely N-dealkylation sites (N-methyl/N-ethyl adjacent to an activating group) is 1. The van der Waals surface area contributed by atoms with Crippen molar-refractivity contribution >= 4 is 5.78 Å². The third-order valence-corrected chi connectivity index (χ3v) is 1.87. The number of Topliss-reactive ketones (excluding diaryl/α,β-unsaturated/α-hetero) is 1. The quantitative estimate of drug-likeness (QED) is 0.447. The van der Waals surface area contributed by atoms with Gasteiger partial charge in [0.25, 0.3) is 0 Å². The average molecular weight is 315 g/mol. The van der Waals surface area contributed by atoms with Crippen LogP contribution in [-0.2, 0) is 4.79 Å². The number of halogens is 1. The van der Waals surface area contributed by atoms with Gasteiger partial charge in [-0.3, -0.25) is 4.79 Å². The molecule has 0 saturated carbocycles. The van der Waals surface area contributed by atoms with Gasteiger partial charge in [-0.05, 0) is 6.42 Å². The monoisotopic (exact) mass is 315 g/mol. The van der Waals surface area contributed by atoms with Gasteiger partial charge in [0.05, 0.1) is 21.1 Å². The standard InChI is InChI=1S/C10H22NO2.HI/c1-5-6-7-9(12)10(13)8-11(2,3)4;/h10,13H,5-8H2,1-4H3;1H/q+1;/p-1. The Bertz CT molecular complexity index is 166. The van der Waals surface area contributed by atoms with Crippen molar-refractivity contribution in [2.24, 2.45) is 0 Å². The zero-order valence-corrected chi connectivity index (χ0v) is 11.7. The third-order valence-electron chi connectivity index (χ3n) is 1.87. The van der Waals surface area contributed by atoms with Gasteiger partial charge >= 0.3 is 0 Å². The molecule has 0 aromatic heterocycles. The average Bonchev–Trinajstić information content (AvgIpc) is 1.96. The maximum Gasteiger partial charge on any atom is 0.167 e. The van der Waals surface area contributed by atoms with E-state index in [4.69, 9.17) is 0 Å². The molecule has 0 saturated heterocycles. The Hall–Kier alpha value is 0.320. The van der Waals surface area contributed by atoms with Gasteiger partial charge in [0.2, 0.25) is 0 Å². The first-order valence-electron chi connectivity index (χ1n) is 4.88. The molecule has 4 heteroatoms. The number of rotatable bonds is 6. The Morgan fingerprint density at radius 2 is 1.86 bits per heavy atom. The lowest BCUT2D eigenvalue weighted by Crippen LogP contribution is -3.00. The molecule has 14 heavy (non-hydrogen) atoms. The number of aliphatic hydroxyl groups is 1. The summed E-state index contributed by atoms with van der Waals surface area (Å²) < 4.78 is 0.624. The maximum absolute atomic E-state index is 11.3. The first-order chi connectivity index (χ1) is 5.87. The number of nitrogens with zero attached hydrogens (tertiary/aromatic N) is 1. The second-order valence-electron chi connectivity index (χ2n) is 4.56. The van der Waals surface area contributed by atoms with Crippen molar-refractivity contribution in [1.29, 1.82) is 0 Å². The van der Waals surface area contributed by atoms with E-state index in [9.17, 15) is 9.90 Å². The fraction of sp³-hybridized carbons (Fsp3) is 0.900. The van der Waals surface area contributed by atoms with Crippen LogP contribution in [0.25, 0.3) is 0 Å². The lowest BCUT2D eigenvalue weighted by atomic mass is 10.1. The number of quaternary nitrogens is 1. The maximum atomic E-state index is 11.3. The van der Waals surface area contributed by atoms with Gasteiger partial charge in [-0.1, -0.05) is 13.3 Å². The van der Waals surface area contributed by atoms with Gasteiger partial charge in [-0.25, -0.2) is 0 Å². The van der Waals surface area contributed by atoms with E-state index in [-0.39, 0.29) is 29.8 Å². The minimum atomic E-state index is -0.786. The normalized spacial score (nSPS) is 13.2. The molecule has 0 aliphatic heterocycles. The molecule has 1 N–H and O–H groups in total. The second kappa shape index (κ2) is 7.59. The van der Waals surface area contributed by atoms with Crippen LogP contribution in [0.5, 0.6) is 0 Å². The van der Waals surface area contributed by atoms with Crippen LogP contribution >= 0.6 is 0 Å². The van der Waals surface area contributed by atoms with Crippen molar-refractivity contribution in [3.63, 3.8) is 0 Å². The van der Waals surface area contributed by atoms with E-state index in [1.165, 1.54) is 0 Å². The summed E-state index contributed by atoms with van der Waals surface area (Å²) in [6.45, 7) is 2.54. The molecule has 0 fully saturated rings. The molecule has 0 amide bonds. The lowest BCUT2D eigenvalue weighted by molar-refractivity contribution is -0.872. The van der Waals surface area contributed by atoms with Crippen molar-refractivity contribution in [1.82, 2.24) is 0 Å². The smallest absolute Gasteiger partial charge is 0.167 e. The fourth-order valence-electron chi connectivity index (χ4n) is 1.14. The highest BCUT2D eigenvalue weighted by molar-refractivity contribution is 5.82. The largest absolute Gasteiger partial charge is 1.00 e. The zero-order chi connectivity index (χ0) is 10.5. The van der Waals surface area contributed by atoms with Crippen LogP contribution in [0.1, 0.15) is 26.2 Å². The summed E-state index contributed by atoms with van der Waals surface area (Å²) in [5, 5.41) is 9.51. The number of unbranched alkanes of at least 4 members (excludes halogenated alkanes) is 1. The summed E-state index contributed by atoms with van der Waals surface area (Å²) in [6, 6.07) is 0. The minimum Gasteiger partial charge on any atom is -1.00 e. The fourth-order valence-corrected chi connectivity index (χ4v) is 1.14. The third kappa shape index (κ3) is 8.90. The molecule has 0 spiro atoms. The first-order valence-corrected chi connectivity index (χ1v) is 4.88. The van der Waals surface area contributed by atoms with Crippen LogP contribution in [0.3, 0.4) is 0 Å². The van der Waals surface area contributed by atoms with Crippen molar-refractivity contribution in [2.45, 2.75) is 32.3 Å². The molecular weight excluding hydrogens is 293 g/mol. The van der Waals surface area contributed by atoms with Gasteiger partial charge in [0.15, 0.2) is 11.9 Å². The van der Waals surface area contributed by atoms with Gasteiger partial charge in [0, 0.05) is 6.42 Å². The van der Waals surface area contributed by atoms with Crippen molar-refractivity contribution in [3.8, 4) is 0 Å². The molecule has 0 aromatic carbocycles.